The molecular formula is C18H24O5. The summed E-state index contributed by atoms with van der Waals surface area (Å²) in [5.74, 6) is -1.04. The van der Waals surface area contributed by atoms with Crippen LogP contribution in [-0.2, 0) is 23.8 Å². The summed E-state index contributed by atoms with van der Waals surface area (Å²) in [4.78, 5) is 24.6. The molecule has 0 N–H and O–H groups in total. The number of hydrogen-bond donors (Lipinski definition) is 0. The highest BCUT2D eigenvalue weighted by molar-refractivity contribution is 5.98. The molecule has 126 valence electrons. The Morgan fingerprint density at radius 2 is 1.96 bits per heavy atom. The molecule has 0 aromatic heterocycles. The number of carbonyl (C=O) groups is 2. The zero-order chi connectivity index (χ0) is 16.1. The summed E-state index contributed by atoms with van der Waals surface area (Å²) in [6, 6.07) is 0. The van der Waals surface area contributed by atoms with E-state index in [1.165, 1.54) is 11.1 Å². The van der Waals surface area contributed by atoms with Gasteiger partial charge in [0, 0.05) is 13.0 Å². The maximum atomic E-state index is 12.3. The quantitative estimate of drug-likeness (QED) is 0.454. The number of cyclic esters (lactones) is 2. The standard InChI is InChI=1S/C18H24O5/c1-3-10-11-7-5-6-9-8-12(21-4-2)22-16(13(9)11)15-14(10)17(19)23-18(15)20/h9-10,12,14-16H,3-8H2,1-2H3/t9-,10+,12-,14+,15+,16-/m0/s1. The number of rotatable bonds is 3. The van der Waals surface area contributed by atoms with E-state index in [0.29, 0.717) is 12.5 Å². The van der Waals surface area contributed by atoms with Gasteiger partial charge in [-0.05, 0) is 50.0 Å². The Balaban J connectivity index is 1.79. The smallest absolute Gasteiger partial charge is 0.320 e. The third-order valence-electron chi connectivity index (χ3n) is 6.02. The van der Waals surface area contributed by atoms with Gasteiger partial charge in [-0.2, -0.15) is 0 Å². The molecule has 5 nitrogen and oxygen atoms in total. The molecule has 0 unspecified atom stereocenters. The van der Waals surface area contributed by atoms with E-state index < -0.39 is 11.9 Å². The molecule has 4 rings (SSSR count). The minimum absolute atomic E-state index is 0.139. The van der Waals surface area contributed by atoms with Crippen LogP contribution in [0.3, 0.4) is 0 Å². The Hall–Kier alpha value is -1.20. The van der Waals surface area contributed by atoms with Crippen LogP contribution in [0.2, 0.25) is 0 Å². The number of hydrogen-bond acceptors (Lipinski definition) is 5. The zero-order valence-corrected chi connectivity index (χ0v) is 13.7. The first kappa shape index (κ1) is 15.3. The average molecular weight is 320 g/mol. The van der Waals surface area contributed by atoms with Crippen molar-refractivity contribution >= 4 is 11.9 Å². The Morgan fingerprint density at radius 1 is 1.17 bits per heavy atom. The maximum absolute atomic E-state index is 12.3. The molecule has 0 radical (unpaired) electrons. The lowest BCUT2D eigenvalue weighted by Gasteiger charge is -2.48. The molecule has 0 aromatic rings. The van der Waals surface area contributed by atoms with Gasteiger partial charge in [0.05, 0.1) is 12.0 Å². The fourth-order valence-electron chi connectivity index (χ4n) is 5.23. The van der Waals surface area contributed by atoms with E-state index in [4.69, 9.17) is 14.2 Å². The first-order chi connectivity index (χ1) is 11.2. The van der Waals surface area contributed by atoms with E-state index >= 15 is 0 Å². The largest absolute Gasteiger partial charge is 0.393 e. The summed E-state index contributed by atoms with van der Waals surface area (Å²) < 4.78 is 16.9. The maximum Gasteiger partial charge on any atom is 0.320 e. The van der Waals surface area contributed by atoms with Crippen LogP contribution in [-0.4, -0.2) is 30.9 Å². The molecule has 5 heteroatoms. The van der Waals surface area contributed by atoms with Crippen molar-refractivity contribution in [1.82, 2.24) is 0 Å². The SMILES string of the molecule is CCO[C@@H]1C[C@@H]2CCCC3=C2[C@H](O1)[C@@H]1C(=O)OC(=O)[C@@H]1[C@@H]3CC. The topological polar surface area (TPSA) is 61.8 Å². The van der Waals surface area contributed by atoms with Crippen LogP contribution in [0.4, 0.5) is 0 Å². The van der Waals surface area contributed by atoms with Gasteiger partial charge in [-0.15, -0.1) is 0 Å². The third kappa shape index (κ3) is 2.20. The molecule has 0 saturated carbocycles. The van der Waals surface area contributed by atoms with Crippen molar-refractivity contribution in [3.63, 3.8) is 0 Å². The summed E-state index contributed by atoms with van der Waals surface area (Å²) in [6.07, 6.45) is 4.42. The van der Waals surface area contributed by atoms with Crippen LogP contribution in [0.15, 0.2) is 11.1 Å². The summed E-state index contributed by atoms with van der Waals surface area (Å²) >= 11 is 0. The average Bonchev–Trinajstić information content (AvgIpc) is 2.83. The van der Waals surface area contributed by atoms with Crippen LogP contribution >= 0.6 is 0 Å². The van der Waals surface area contributed by atoms with Gasteiger partial charge in [0.25, 0.3) is 0 Å². The van der Waals surface area contributed by atoms with E-state index in [2.05, 4.69) is 6.92 Å². The summed E-state index contributed by atoms with van der Waals surface area (Å²) in [5.41, 5.74) is 2.67. The van der Waals surface area contributed by atoms with Crippen LogP contribution in [0.5, 0.6) is 0 Å². The van der Waals surface area contributed by atoms with Crippen LogP contribution in [0.1, 0.15) is 46.0 Å². The Labute approximate surface area is 136 Å². The normalized spacial score (nSPS) is 42.3. The van der Waals surface area contributed by atoms with Gasteiger partial charge < -0.3 is 14.2 Å². The van der Waals surface area contributed by atoms with Crippen molar-refractivity contribution in [2.45, 2.75) is 58.3 Å². The van der Waals surface area contributed by atoms with Gasteiger partial charge in [-0.1, -0.05) is 12.5 Å². The molecule has 2 saturated heterocycles. The third-order valence-corrected chi connectivity index (χ3v) is 6.02. The van der Waals surface area contributed by atoms with Gasteiger partial charge in [0.1, 0.15) is 5.92 Å². The number of allylic oxidation sites excluding steroid dienone is 1. The highest BCUT2D eigenvalue weighted by Gasteiger charge is 2.59. The Bertz CT molecular complexity index is 566. The van der Waals surface area contributed by atoms with Crippen molar-refractivity contribution < 1.29 is 23.8 Å². The molecule has 2 aliphatic carbocycles. The van der Waals surface area contributed by atoms with Crippen LogP contribution in [0, 0.1) is 23.7 Å². The van der Waals surface area contributed by atoms with Crippen molar-refractivity contribution in [3.05, 3.63) is 11.1 Å². The predicted molar refractivity (Wildman–Crippen MR) is 81.1 cm³/mol. The lowest BCUT2D eigenvalue weighted by Crippen LogP contribution is -2.50. The molecule has 4 aliphatic rings. The monoisotopic (exact) mass is 320 g/mol. The molecule has 6 atom stereocenters. The first-order valence-electron chi connectivity index (χ1n) is 8.91. The lowest BCUT2D eigenvalue weighted by molar-refractivity contribution is -0.204. The van der Waals surface area contributed by atoms with Gasteiger partial charge in [-0.25, -0.2) is 0 Å². The molecule has 0 spiro atoms. The highest BCUT2D eigenvalue weighted by Crippen LogP contribution is 2.54. The highest BCUT2D eigenvalue weighted by atomic mass is 16.7. The van der Waals surface area contributed by atoms with E-state index in [-0.39, 0.29) is 30.2 Å². The summed E-state index contributed by atoms with van der Waals surface area (Å²) in [7, 11) is 0. The minimum Gasteiger partial charge on any atom is -0.393 e. The predicted octanol–water partition coefficient (Wildman–Crippen LogP) is 2.59. The summed E-state index contributed by atoms with van der Waals surface area (Å²) in [6.45, 7) is 4.64. The number of ether oxygens (including phenoxy) is 3. The van der Waals surface area contributed by atoms with Gasteiger partial charge in [0.15, 0.2) is 6.29 Å². The van der Waals surface area contributed by atoms with Crippen LogP contribution in [0.25, 0.3) is 0 Å². The van der Waals surface area contributed by atoms with E-state index in [9.17, 15) is 9.59 Å². The van der Waals surface area contributed by atoms with Gasteiger partial charge in [-0.3, -0.25) is 9.59 Å². The second kappa shape index (κ2) is 5.71. The van der Waals surface area contributed by atoms with E-state index in [1.54, 1.807) is 0 Å². The zero-order valence-electron chi connectivity index (χ0n) is 13.7. The van der Waals surface area contributed by atoms with Gasteiger partial charge >= 0.3 is 11.9 Å². The minimum atomic E-state index is -0.477. The number of esters is 2. The Kier molecular flexibility index (Phi) is 3.81. The van der Waals surface area contributed by atoms with Crippen molar-refractivity contribution in [2.75, 3.05) is 6.61 Å². The van der Waals surface area contributed by atoms with E-state index in [0.717, 1.165) is 32.1 Å². The molecule has 0 bridgehead atoms. The van der Waals surface area contributed by atoms with Gasteiger partial charge in [0.2, 0.25) is 0 Å². The fourth-order valence-corrected chi connectivity index (χ4v) is 5.23. The molecular weight excluding hydrogens is 296 g/mol. The summed E-state index contributed by atoms with van der Waals surface area (Å²) in [5, 5.41) is 0. The molecule has 0 amide bonds. The van der Waals surface area contributed by atoms with Crippen molar-refractivity contribution in [3.8, 4) is 0 Å². The van der Waals surface area contributed by atoms with Crippen LogP contribution < -0.4 is 0 Å². The first-order valence-corrected chi connectivity index (χ1v) is 8.91. The molecule has 2 aliphatic heterocycles. The number of fused-ring (bicyclic) bond motifs is 2. The second-order valence-electron chi connectivity index (χ2n) is 7.05. The lowest BCUT2D eigenvalue weighted by atomic mass is 9.60. The fraction of sp³-hybridized carbons (Fsp3) is 0.778. The van der Waals surface area contributed by atoms with Crippen molar-refractivity contribution in [1.29, 1.82) is 0 Å². The molecule has 2 heterocycles. The molecule has 0 aromatic carbocycles. The molecule has 23 heavy (non-hydrogen) atoms. The van der Waals surface area contributed by atoms with Crippen molar-refractivity contribution in [2.24, 2.45) is 23.7 Å². The van der Waals surface area contributed by atoms with E-state index in [1.807, 2.05) is 6.92 Å². The second-order valence-corrected chi connectivity index (χ2v) is 7.05. The molecule has 2 fully saturated rings. The number of carbonyl (C=O) groups excluding carboxylic acids is 2. The Morgan fingerprint density at radius 3 is 2.70 bits per heavy atom.